The average Bonchev–Trinajstić information content (AvgIpc) is 2.77. The molecule has 82 valence electrons. The van der Waals surface area contributed by atoms with Crippen molar-refractivity contribution in [3.63, 3.8) is 0 Å². The summed E-state index contributed by atoms with van der Waals surface area (Å²) in [4.78, 5) is 0. The fourth-order valence-electron chi connectivity index (χ4n) is 3.15. The Bertz CT molecular complexity index is 183. The molecule has 0 aliphatic heterocycles. The molecule has 2 N–H and O–H groups in total. The maximum Gasteiger partial charge on any atom is 0.0693 e. The summed E-state index contributed by atoms with van der Waals surface area (Å²) in [5.74, 6) is 0.864. The third kappa shape index (κ3) is 2.12. The molecule has 0 spiro atoms. The lowest BCUT2D eigenvalue weighted by atomic mass is 9.99. The van der Waals surface area contributed by atoms with E-state index in [1.807, 2.05) is 0 Å². The lowest BCUT2D eigenvalue weighted by Gasteiger charge is -2.25. The second kappa shape index (κ2) is 4.63. The summed E-state index contributed by atoms with van der Waals surface area (Å²) in [6.07, 6.45) is 8.67. The van der Waals surface area contributed by atoms with E-state index in [4.69, 9.17) is 0 Å². The van der Waals surface area contributed by atoms with E-state index in [1.54, 1.807) is 0 Å². The fourth-order valence-corrected chi connectivity index (χ4v) is 3.15. The molecule has 0 heterocycles. The van der Waals surface area contributed by atoms with Crippen molar-refractivity contribution in [1.82, 2.24) is 5.32 Å². The Labute approximate surface area is 87.1 Å². The number of aliphatic hydroxyl groups is 1. The molecule has 2 aliphatic rings. The van der Waals surface area contributed by atoms with Gasteiger partial charge in [0.15, 0.2) is 0 Å². The van der Waals surface area contributed by atoms with Crippen LogP contribution in [0, 0.1) is 5.92 Å². The smallest absolute Gasteiger partial charge is 0.0693 e. The van der Waals surface area contributed by atoms with Gasteiger partial charge in [-0.1, -0.05) is 19.8 Å². The van der Waals surface area contributed by atoms with Crippen molar-refractivity contribution in [2.24, 2.45) is 5.92 Å². The first-order valence-corrected chi connectivity index (χ1v) is 6.25. The highest BCUT2D eigenvalue weighted by Gasteiger charge is 2.32. The van der Waals surface area contributed by atoms with Gasteiger partial charge in [-0.2, -0.15) is 0 Å². The summed E-state index contributed by atoms with van der Waals surface area (Å²) in [5, 5.41) is 13.4. The maximum atomic E-state index is 9.75. The Morgan fingerprint density at radius 2 is 1.79 bits per heavy atom. The fraction of sp³-hybridized carbons (Fsp3) is 1.00. The molecule has 2 saturated carbocycles. The van der Waals surface area contributed by atoms with E-state index in [2.05, 4.69) is 12.2 Å². The van der Waals surface area contributed by atoms with Gasteiger partial charge in [0.2, 0.25) is 0 Å². The summed E-state index contributed by atoms with van der Waals surface area (Å²) in [6, 6.07) is 1.09. The summed E-state index contributed by atoms with van der Waals surface area (Å²) in [5.41, 5.74) is 0. The maximum absolute atomic E-state index is 9.75. The minimum Gasteiger partial charge on any atom is -0.392 e. The topological polar surface area (TPSA) is 32.3 Å². The highest BCUT2D eigenvalue weighted by Crippen LogP contribution is 2.30. The lowest BCUT2D eigenvalue weighted by Crippen LogP contribution is -2.44. The molecule has 2 nitrogen and oxygen atoms in total. The van der Waals surface area contributed by atoms with Gasteiger partial charge in [0, 0.05) is 12.1 Å². The molecule has 0 saturated heterocycles. The Balaban J connectivity index is 1.83. The predicted octanol–water partition coefficient (Wildman–Crippen LogP) is 2.07. The zero-order chi connectivity index (χ0) is 9.97. The van der Waals surface area contributed by atoms with Crippen LogP contribution in [-0.2, 0) is 0 Å². The molecule has 14 heavy (non-hydrogen) atoms. The van der Waals surface area contributed by atoms with Crippen molar-refractivity contribution < 1.29 is 5.11 Å². The van der Waals surface area contributed by atoms with Crippen molar-refractivity contribution >= 4 is 0 Å². The van der Waals surface area contributed by atoms with Crippen molar-refractivity contribution in [3.05, 3.63) is 0 Å². The molecule has 2 aliphatic carbocycles. The largest absolute Gasteiger partial charge is 0.392 e. The van der Waals surface area contributed by atoms with Gasteiger partial charge in [-0.25, -0.2) is 0 Å². The molecule has 2 unspecified atom stereocenters. The number of rotatable bonds is 3. The standard InChI is InChI=1S/C12H23NO/c1-2-9-5-3-6-10(9)13-11-7-4-8-12(11)14/h9-14H,2-8H2,1H3/t9?,10?,11-,12-/m0/s1. The third-order valence-corrected chi connectivity index (χ3v) is 4.09. The van der Waals surface area contributed by atoms with Crippen molar-refractivity contribution in [2.45, 2.75) is 70.1 Å². The van der Waals surface area contributed by atoms with Crippen LogP contribution in [0.15, 0.2) is 0 Å². The Kier molecular flexibility index (Phi) is 3.45. The van der Waals surface area contributed by atoms with E-state index >= 15 is 0 Å². The first-order valence-electron chi connectivity index (χ1n) is 6.25. The van der Waals surface area contributed by atoms with E-state index in [0.717, 1.165) is 12.3 Å². The van der Waals surface area contributed by atoms with Gasteiger partial charge in [-0.15, -0.1) is 0 Å². The summed E-state index contributed by atoms with van der Waals surface area (Å²) >= 11 is 0. The molecule has 0 amide bonds. The van der Waals surface area contributed by atoms with Crippen LogP contribution < -0.4 is 5.32 Å². The average molecular weight is 197 g/mol. The van der Waals surface area contributed by atoms with Crippen LogP contribution in [0.2, 0.25) is 0 Å². The quantitative estimate of drug-likeness (QED) is 0.726. The molecule has 2 fully saturated rings. The van der Waals surface area contributed by atoms with Gasteiger partial charge in [0.1, 0.15) is 0 Å². The molecular weight excluding hydrogens is 174 g/mol. The van der Waals surface area contributed by atoms with Gasteiger partial charge >= 0.3 is 0 Å². The Morgan fingerprint density at radius 1 is 1.07 bits per heavy atom. The van der Waals surface area contributed by atoms with Crippen molar-refractivity contribution in [3.8, 4) is 0 Å². The molecule has 2 heteroatoms. The van der Waals surface area contributed by atoms with Crippen LogP contribution in [0.5, 0.6) is 0 Å². The zero-order valence-electron chi connectivity index (χ0n) is 9.21. The molecule has 4 atom stereocenters. The molecule has 0 aromatic heterocycles. The van der Waals surface area contributed by atoms with Gasteiger partial charge in [-0.3, -0.25) is 0 Å². The summed E-state index contributed by atoms with van der Waals surface area (Å²) in [6.45, 7) is 2.29. The monoisotopic (exact) mass is 197 g/mol. The minimum atomic E-state index is -0.0758. The third-order valence-electron chi connectivity index (χ3n) is 4.09. The Morgan fingerprint density at radius 3 is 2.43 bits per heavy atom. The SMILES string of the molecule is CCC1CCCC1N[C@H]1CCC[C@@H]1O. The van der Waals surface area contributed by atoms with Crippen LogP contribution in [0.3, 0.4) is 0 Å². The number of aliphatic hydroxyl groups excluding tert-OH is 1. The molecule has 0 radical (unpaired) electrons. The lowest BCUT2D eigenvalue weighted by molar-refractivity contribution is 0.138. The second-order valence-corrected chi connectivity index (χ2v) is 4.98. The normalized spacial score (nSPS) is 43.3. The van der Waals surface area contributed by atoms with Gasteiger partial charge in [0.05, 0.1) is 6.10 Å². The van der Waals surface area contributed by atoms with E-state index < -0.39 is 0 Å². The van der Waals surface area contributed by atoms with Gasteiger partial charge in [0.25, 0.3) is 0 Å². The number of hydrogen-bond acceptors (Lipinski definition) is 2. The van der Waals surface area contributed by atoms with Gasteiger partial charge < -0.3 is 10.4 Å². The van der Waals surface area contributed by atoms with E-state index in [0.29, 0.717) is 12.1 Å². The van der Waals surface area contributed by atoms with E-state index in [9.17, 15) is 5.11 Å². The van der Waals surface area contributed by atoms with E-state index in [-0.39, 0.29) is 6.10 Å². The highest BCUT2D eigenvalue weighted by atomic mass is 16.3. The Hall–Kier alpha value is -0.0800. The number of nitrogens with one attached hydrogen (secondary N) is 1. The molecule has 2 rings (SSSR count). The molecule has 0 aromatic rings. The predicted molar refractivity (Wildman–Crippen MR) is 58.2 cm³/mol. The second-order valence-electron chi connectivity index (χ2n) is 4.98. The zero-order valence-corrected chi connectivity index (χ0v) is 9.21. The molecular formula is C12H23NO. The summed E-state index contributed by atoms with van der Waals surface area (Å²) in [7, 11) is 0. The van der Waals surface area contributed by atoms with Crippen LogP contribution in [-0.4, -0.2) is 23.3 Å². The van der Waals surface area contributed by atoms with Crippen LogP contribution >= 0.6 is 0 Å². The van der Waals surface area contributed by atoms with Crippen LogP contribution in [0.4, 0.5) is 0 Å². The first-order chi connectivity index (χ1) is 6.81. The minimum absolute atomic E-state index is 0.0758. The highest BCUT2D eigenvalue weighted by molar-refractivity contribution is 4.90. The van der Waals surface area contributed by atoms with Gasteiger partial charge in [-0.05, 0) is 38.0 Å². The van der Waals surface area contributed by atoms with E-state index in [1.165, 1.54) is 38.5 Å². The van der Waals surface area contributed by atoms with Crippen LogP contribution in [0.25, 0.3) is 0 Å². The number of hydrogen-bond donors (Lipinski definition) is 2. The van der Waals surface area contributed by atoms with Crippen molar-refractivity contribution in [1.29, 1.82) is 0 Å². The first kappa shape index (κ1) is 10.4. The van der Waals surface area contributed by atoms with Crippen LogP contribution in [0.1, 0.15) is 51.9 Å². The van der Waals surface area contributed by atoms with Crippen molar-refractivity contribution in [2.75, 3.05) is 0 Å². The summed E-state index contributed by atoms with van der Waals surface area (Å²) < 4.78 is 0. The molecule has 0 aromatic carbocycles. The molecule has 0 bridgehead atoms.